The molecule has 0 bridgehead atoms. The van der Waals surface area contributed by atoms with Crippen LogP contribution in [0.2, 0.25) is 0 Å². The number of terminal acetylenes is 1. The van der Waals surface area contributed by atoms with Crippen LogP contribution in [0.25, 0.3) is 0 Å². The molecule has 1 aliphatic rings. The van der Waals surface area contributed by atoms with Crippen molar-refractivity contribution in [3.05, 3.63) is 17.0 Å². The molecule has 6 nitrogen and oxygen atoms in total. The highest BCUT2D eigenvalue weighted by Gasteiger charge is 2.39. The summed E-state index contributed by atoms with van der Waals surface area (Å²) in [6.45, 7) is 6.07. The van der Waals surface area contributed by atoms with Crippen molar-refractivity contribution >= 4 is 5.91 Å². The van der Waals surface area contributed by atoms with Gasteiger partial charge in [0.15, 0.2) is 5.66 Å². The lowest BCUT2D eigenvalue weighted by Crippen LogP contribution is -2.34. The lowest BCUT2D eigenvalue weighted by atomic mass is 10.0. The molecule has 1 aromatic heterocycles. The van der Waals surface area contributed by atoms with Gasteiger partial charge in [-0.1, -0.05) is 0 Å². The van der Waals surface area contributed by atoms with Crippen LogP contribution in [0.5, 0.6) is 0 Å². The second-order valence-electron chi connectivity index (χ2n) is 6.33. The number of aryl methyl sites for hydroxylation is 2. The minimum atomic E-state index is -0.385. The monoisotopic (exact) mass is 315 g/mol. The summed E-state index contributed by atoms with van der Waals surface area (Å²) in [6.07, 6.45) is 8.49. The number of hydrogen-bond donors (Lipinski definition) is 1. The first-order valence-corrected chi connectivity index (χ1v) is 8.03. The van der Waals surface area contributed by atoms with E-state index in [1.807, 2.05) is 25.6 Å². The Morgan fingerprint density at radius 3 is 2.61 bits per heavy atom. The molecule has 1 N–H and O–H groups in total. The van der Waals surface area contributed by atoms with Gasteiger partial charge in [0.05, 0.1) is 5.69 Å². The summed E-state index contributed by atoms with van der Waals surface area (Å²) >= 11 is 0. The predicted octanol–water partition coefficient (Wildman–Crippen LogP) is 2.44. The quantitative estimate of drug-likeness (QED) is 0.748. The van der Waals surface area contributed by atoms with Gasteiger partial charge in [-0.05, 0) is 32.8 Å². The number of amides is 1. The lowest BCUT2D eigenvalue weighted by molar-refractivity contribution is -0.121. The molecule has 0 radical (unpaired) electrons. The van der Waals surface area contributed by atoms with Crippen LogP contribution < -0.4 is 5.32 Å². The third kappa shape index (κ3) is 4.41. The van der Waals surface area contributed by atoms with Gasteiger partial charge in [-0.25, -0.2) is 0 Å². The van der Waals surface area contributed by atoms with Crippen LogP contribution in [-0.2, 0) is 18.3 Å². The molecule has 0 aliphatic carbocycles. The zero-order valence-corrected chi connectivity index (χ0v) is 14.4. The molecule has 1 aromatic rings. The largest absolute Gasteiger partial charge is 0.353 e. The highest BCUT2D eigenvalue weighted by Crippen LogP contribution is 2.37. The minimum absolute atomic E-state index is 0.0362. The predicted molar refractivity (Wildman–Crippen MR) is 88.9 cm³/mol. The van der Waals surface area contributed by atoms with Crippen molar-refractivity contribution in [2.45, 2.75) is 64.6 Å². The molecular formula is C17H25N5O. The van der Waals surface area contributed by atoms with Gasteiger partial charge in [0.2, 0.25) is 5.91 Å². The lowest BCUT2D eigenvalue weighted by Gasteiger charge is -2.15. The third-order valence-electron chi connectivity index (χ3n) is 4.38. The summed E-state index contributed by atoms with van der Waals surface area (Å²) in [6, 6.07) is 0.0684. The van der Waals surface area contributed by atoms with Crippen LogP contribution in [0.15, 0.2) is 10.2 Å². The smallest absolute Gasteiger partial charge is 0.220 e. The maximum absolute atomic E-state index is 12.1. The van der Waals surface area contributed by atoms with E-state index in [-0.39, 0.29) is 17.6 Å². The van der Waals surface area contributed by atoms with Gasteiger partial charge >= 0.3 is 0 Å². The fourth-order valence-electron chi connectivity index (χ4n) is 2.80. The summed E-state index contributed by atoms with van der Waals surface area (Å²) in [4.78, 5) is 12.1. The zero-order chi connectivity index (χ0) is 17.0. The van der Waals surface area contributed by atoms with Crippen LogP contribution in [-0.4, -0.2) is 27.4 Å². The Labute approximate surface area is 137 Å². The molecule has 1 atom stereocenters. The first-order chi connectivity index (χ1) is 10.9. The van der Waals surface area contributed by atoms with Crippen LogP contribution in [0.4, 0.5) is 0 Å². The van der Waals surface area contributed by atoms with Gasteiger partial charge in [0, 0.05) is 44.5 Å². The number of nitrogens with one attached hydrogen (secondary N) is 1. The van der Waals surface area contributed by atoms with Crippen molar-refractivity contribution in [2.24, 2.45) is 17.3 Å². The molecule has 0 saturated carbocycles. The second kappa shape index (κ2) is 6.95. The molecule has 2 heterocycles. The number of carbonyl (C=O) groups excluding carboxylic acids is 1. The molecule has 124 valence electrons. The molecule has 0 aromatic carbocycles. The minimum Gasteiger partial charge on any atom is -0.353 e. The molecule has 0 saturated heterocycles. The SMILES string of the molecule is C#CCCC1(CCC(=O)NC(C)Cc2c(C)nn(C)c2C)N=N1. The fourth-order valence-corrected chi connectivity index (χ4v) is 2.80. The Morgan fingerprint density at radius 2 is 2.09 bits per heavy atom. The molecule has 0 spiro atoms. The van der Waals surface area contributed by atoms with Gasteiger partial charge in [-0.3, -0.25) is 9.48 Å². The van der Waals surface area contributed by atoms with E-state index in [1.54, 1.807) is 0 Å². The van der Waals surface area contributed by atoms with E-state index in [0.717, 1.165) is 24.2 Å². The molecule has 1 aliphatic heterocycles. The number of carbonyl (C=O) groups is 1. The highest BCUT2D eigenvalue weighted by molar-refractivity contribution is 5.76. The Morgan fingerprint density at radius 1 is 1.39 bits per heavy atom. The summed E-state index contributed by atoms with van der Waals surface area (Å²) in [5.41, 5.74) is 2.99. The number of hydrogen-bond acceptors (Lipinski definition) is 4. The van der Waals surface area contributed by atoms with Gasteiger partial charge in [-0.15, -0.1) is 12.3 Å². The van der Waals surface area contributed by atoms with E-state index in [9.17, 15) is 4.79 Å². The van der Waals surface area contributed by atoms with Crippen molar-refractivity contribution in [2.75, 3.05) is 0 Å². The Balaban J connectivity index is 1.78. The van der Waals surface area contributed by atoms with Crippen molar-refractivity contribution < 1.29 is 4.79 Å². The Kier molecular flexibility index (Phi) is 5.19. The fraction of sp³-hybridized carbons (Fsp3) is 0.647. The van der Waals surface area contributed by atoms with Crippen molar-refractivity contribution in [1.82, 2.24) is 15.1 Å². The molecule has 1 amide bonds. The van der Waals surface area contributed by atoms with Crippen LogP contribution in [0.3, 0.4) is 0 Å². The average Bonchev–Trinajstić information content (AvgIpc) is 3.23. The van der Waals surface area contributed by atoms with E-state index in [0.29, 0.717) is 19.3 Å². The molecule has 2 rings (SSSR count). The molecular weight excluding hydrogens is 290 g/mol. The van der Waals surface area contributed by atoms with Crippen molar-refractivity contribution in [3.8, 4) is 12.3 Å². The second-order valence-corrected chi connectivity index (χ2v) is 6.33. The van der Waals surface area contributed by atoms with Crippen LogP contribution >= 0.6 is 0 Å². The van der Waals surface area contributed by atoms with Crippen LogP contribution in [0, 0.1) is 26.2 Å². The maximum Gasteiger partial charge on any atom is 0.220 e. The van der Waals surface area contributed by atoms with E-state index in [1.165, 1.54) is 5.56 Å². The van der Waals surface area contributed by atoms with Crippen molar-refractivity contribution in [1.29, 1.82) is 0 Å². The molecule has 1 unspecified atom stereocenters. The summed E-state index contributed by atoms with van der Waals surface area (Å²) in [7, 11) is 1.94. The van der Waals surface area contributed by atoms with Gasteiger partial charge in [0.1, 0.15) is 0 Å². The number of nitrogens with zero attached hydrogens (tertiary/aromatic N) is 4. The summed E-state index contributed by atoms with van der Waals surface area (Å²) in [5.74, 6) is 2.63. The summed E-state index contributed by atoms with van der Waals surface area (Å²) < 4.78 is 1.88. The van der Waals surface area contributed by atoms with E-state index < -0.39 is 0 Å². The Hall–Kier alpha value is -2.16. The average molecular weight is 315 g/mol. The normalized spacial score (nSPS) is 16.0. The zero-order valence-electron chi connectivity index (χ0n) is 14.4. The van der Waals surface area contributed by atoms with Gasteiger partial charge in [-0.2, -0.15) is 15.3 Å². The maximum atomic E-state index is 12.1. The van der Waals surface area contributed by atoms with E-state index in [4.69, 9.17) is 6.42 Å². The third-order valence-corrected chi connectivity index (χ3v) is 4.38. The van der Waals surface area contributed by atoms with E-state index in [2.05, 4.69) is 33.5 Å². The first-order valence-electron chi connectivity index (χ1n) is 8.03. The highest BCUT2D eigenvalue weighted by atomic mass is 16.1. The standard InChI is InChI=1S/C17H25N5O/c1-6-7-9-17(20-21-17)10-8-16(23)18-12(2)11-15-13(3)19-22(5)14(15)4/h1,12H,7-11H2,2-5H3,(H,18,23). The molecule has 0 fully saturated rings. The number of aromatic nitrogens is 2. The summed E-state index contributed by atoms with van der Waals surface area (Å²) in [5, 5.41) is 15.6. The van der Waals surface area contributed by atoms with E-state index >= 15 is 0 Å². The van der Waals surface area contributed by atoms with Gasteiger partial charge < -0.3 is 5.32 Å². The first kappa shape index (κ1) is 17.2. The number of rotatable bonds is 8. The topological polar surface area (TPSA) is 71.6 Å². The Bertz CT molecular complexity index is 647. The van der Waals surface area contributed by atoms with Gasteiger partial charge in [0.25, 0.3) is 0 Å². The van der Waals surface area contributed by atoms with Crippen molar-refractivity contribution in [3.63, 3.8) is 0 Å². The molecule has 23 heavy (non-hydrogen) atoms. The molecule has 6 heteroatoms. The van der Waals surface area contributed by atoms with Crippen LogP contribution in [0.1, 0.15) is 49.6 Å².